The van der Waals surface area contributed by atoms with E-state index in [9.17, 15) is 4.79 Å². The molecule has 0 fully saturated rings. The highest BCUT2D eigenvalue weighted by Gasteiger charge is 2.09. The van der Waals surface area contributed by atoms with E-state index < -0.39 is 0 Å². The molecule has 0 spiro atoms. The highest BCUT2D eigenvalue weighted by Crippen LogP contribution is 2.23. The van der Waals surface area contributed by atoms with E-state index in [1.54, 1.807) is 43.5 Å². The molecule has 0 aromatic heterocycles. The summed E-state index contributed by atoms with van der Waals surface area (Å²) < 4.78 is 10.5. The van der Waals surface area contributed by atoms with Gasteiger partial charge in [0, 0.05) is 11.6 Å². The lowest BCUT2D eigenvalue weighted by Gasteiger charge is -2.07. The molecule has 5 heteroatoms. The van der Waals surface area contributed by atoms with Gasteiger partial charge in [-0.3, -0.25) is 4.79 Å². The number of ketones is 1. The largest absolute Gasteiger partial charge is 0.497 e. The highest BCUT2D eigenvalue weighted by atomic mass is 35.5. The van der Waals surface area contributed by atoms with Gasteiger partial charge in [-0.05, 0) is 30.3 Å². The van der Waals surface area contributed by atoms with E-state index in [1.807, 2.05) is 0 Å². The Balaban J connectivity index is 2.02. The van der Waals surface area contributed by atoms with Crippen molar-refractivity contribution in [2.45, 2.75) is 0 Å². The SMILES string of the molecule is COc1cccc(OCC(=O)c2ccc(Cl)c(Cl)c2)c1. The van der Waals surface area contributed by atoms with Crippen molar-refractivity contribution in [1.29, 1.82) is 0 Å². The van der Waals surface area contributed by atoms with Crippen molar-refractivity contribution in [3.63, 3.8) is 0 Å². The van der Waals surface area contributed by atoms with Gasteiger partial charge in [-0.1, -0.05) is 29.3 Å². The molecular weight excluding hydrogens is 299 g/mol. The summed E-state index contributed by atoms with van der Waals surface area (Å²) >= 11 is 11.7. The van der Waals surface area contributed by atoms with Gasteiger partial charge in [0.05, 0.1) is 17.2 Å². The predicted octanol–water partition coefficient (Wildman–Crippen LogP) is 4.26. The molecule has 0 N–H and O–H groups in total. The second-order valence-electron chi connectivity index (χ2n) is 4.02. The fourth-order valence-corrected chi connectivity index (χ4v) is 1.89. The summed E-state index contributed by atoms with van der Waals surface area (Å²) in [7, 11) is 1.57. The topological polar surface area (TPSA) is 35.5 Å². The van der Waals surface area contributed by atoms with E-state index in [2.05, 4.69) is 0 Å². The van der Waals surface area contributed by atoms with Crippen LogP contribution in [0, 0.1) is 0 Å². The summed E-state index contributed by atoms with van der Waals surface area (Å²) in [4.78, 5) is 12.0. The molecule has 2 aromatic rings. The Bertz CT molecular complexity index is 626. The quantitative estimate of drug-likeness (QED) is 0.774. The van der Waals surface area contributed by atoms with Gasteiger partial charge in [0.1, 0.15) is 11.5 Å². The maximum Gasteiger partial charge on any atom is 0.200 e. The third-order valence-electron chi connectivity index (χ3n) is 2.65. The van der Waals surface area contributed by atoms with Gasteiger partial charge in [0.25, 0.3) is 0 Å². The Hall–Kier alpha value is -1.71. The molecule has 0 aliphatic heterocycles. The van der Waals surface area contributed by atoms with Gasteiger partial charge in [0.15, 0.2) is 12.4 Å². The van der Waals surface area contributed by atoms with Gasteiger partial charge in [-0.25, -0.2) is 0 Å². The Morgan fingerprint density at radius 3 is 2.50 bits per heavy atom. The molecule has 0 bridgehead atoms. The number of hydrogen-bond acceptors (Lipinski definition) is 3. The van der Waals surface area contributed by atoms with Crippen LogP contribution >= 0.6 is 23.2 Å². The van der Waals surface area contributed by atoms with Gasteiger partial charge in [-0.15, -0.1) is 0 Å². The van der Waals surface area contributed by atoms with Gasteiger partial charge < -0.3 is 9.47 Å². The van der Waals surface area contributed by atoms with Crippen molar-refractivity contribution < 1.29 is 14.3 Å². The average Bonchev–Trinajstić information content (AvgIpc) is 2.47. The molecule has 0 aliphatic rings. The van der Waals surface area contributed by atoms with E-state index in [0.29, 0.717) is 27.1 Å². The molecule has 0 atom stereocenters. The van der Waals surface area contributed by atoms with E-state index >= 15 is 0 Å². The molecule has 0 amide bonds. The number of Topliss-reactive ketones (excluding diaryl/α,β-unsaturated/α-hetero) is 1. The number of carbonyl (C=O) groups is 1. The Morgan fingerprint density at radius 1 is 1.05 bits per heavy atom. The van der Waals surface area contributed by atoms with Gasteiger partial charge in [0.2, 0.25) is 0 Å². The number of ether oxygens (including phenoxy) is 2. The van der Waals surface area contributed by atoms with E-state index in [-0.39, 0.29) is 12.4 Å². The van der Waals surface area contributed by atoms with E-state index in [1.165, 1.54) is 6.07 Å². The van der Waals surface area contributed by atoms with E-state index in [4.69, 9.17) is 32.7 Å². The van der Waals surface area contributed by atoms with Crippen molar-refractivity contribution >= 4 is 29.0 Å². The number of hydrogen-bond donors (Lipinski definition) is 0. The first-order valence-electron chi connectivity index (χ1n) is 5.85. The zero-order valence-corrected chi connectivity index (χ0v) is 12.2. The molecule has 2 rings (SSSR count). The molecule has 0 unspecified atom stereocenters. The third-order valence-corrected chi connectivity index (χ3v) is 3.39. The average molecular weight is 311 g/mol. The second kappa shape index (κ2) is 6.64. The first kappa shape index (κ1) is 14.7. The molecular formula is C15H12Cl2O3. The molecule has 0 heterocycles. The summed E-state index contributed by atoms with van der Waals surface area (Å²) in [5.74, 6) is 1.06. The molecule has 0 saturated heterocycles. The van der Waals surface area contributed by atoms with Crippen LogP contribution in [0.2, 0.25) is 10.0 Å². The first-order chi connectivity index (χ1) is 9.60. The lowest BCUT2D eigenvalue weighted by molar-refractivity contribution is 0.0921. The fraction of sp³-hybridized carbons (Fsp3) is 0.133. The molecule has 0 aliphatic carbocycles. The summed E-state index contributed by atoms with van der Waals surface area (Å²) in [6.45, 7) is -0.0782. The monoisotopic (exact) mass is 310 g/mol. The van der Waals surface area contributed by atoms with Crippen LogP contribution in [0.25, 0.3) is 0 Å². The highest BCUT2D eigenvalue weighted by molar-refractivity contribution is 6.42. The van der Waals surface area contributed by atoms with Gasteiger partial charge >= 0.3 is 0 Å². The molecule has 3 nitrogen and oxygen atoms in total. The minimum Gasteiger partial charge on any atom is -0.497 e. The Labute approximate surface area is 127 Å². The van der Waals surface area contributed by atoms with Crippen LogP contribution in [0.4, 0.5) is 0 Å². The van der Waals surface area contributed by atoms with Crippen LogP contribution in [-0.4, -0.2) is 19.5 Å². The standard InChI is InChI=1S/C15H12Cl2O3/c1-19-11-3-2-4-12(8-11)20-9-15(18)10-5-6-13(16)14(17)7-10/h2-8H,9H2,1H3. The molecule has 0 saturated carbocycles. The van der Waals surface area contributed by atoms with Crippen molar-refractivity contribution in [1.82, 2.24) is 0 Å². The lowest BCUT2D eigenvalue weighted by Crippen LogP contribution is -2.11. The summed E-state index contributed by atoms with van der Waals surface area (Å²) in [6.07, 6.45) is 0. The third kappa shape index (κ3) is 3.65. The lowest BCUT2D eigenvalue weighted by atomic mass is 10.1. The summed E-state index contributed by atoms with van der Waals surface area (Å²) in [6, 6.07) is 11.8. The normalized spacial score (nSPS) is 10.2. The minimum atomic E-state index is -0.175. The van der Waals surface area contributed by atoms with Crippen LogP contribution in [0.3, 0.4) is 0 Å². The van der Waals surface area contributed by atoms with Crippen molar-refractivity contribution in [2.24, 2.45) is 0 Å². The predicted molar refractivity (Wildman–Crippen MR) is 79.3 cm³/mol. The zero-order chi connectivity index (χ0) is 14.5. The number of carbonyl (C=O) groups excluding carboxylic acids is 1. The van der Waals surface area contributed by atoms with Crippen molar-refractivity contribution in [3.05, 3.63) is 58.1 Å². The Morgan fingerprint density at radius 2 is 1.80 bits per heavy atom. The van der Waals surface area contributed by atoms with Crippen LogP contribution in [0.1, 0.15) is 10.4 Å². The number of benzene rings is 2. The number of methoxy groups -OCH3 is 1. The van der Waals surface area contributed by atoms with Gasteiger partial charge in [-0.2, -0.15) is 0 Å². The number of halogens is 2. The number of rotatable bonds is 5. The summed E-state index contributed by atoms with van der Waals surface area (Å²) in [5.41, 5.74) is 0.460. The van der Waals surface area contributed by atoms with Crippen LogP contribution in [0.5, 0.6) is 11.5 Å². The second-order valence-corrected chi connectivity index (χ2v) is 4.83. The van der Waals surface area contributed by atoms with Crippen molar-refractivity contribution in [2.75, 3.05) is 13.7 Å². The van der Waals surface area contributed by atoms with Crippen LogP contribution in [-0.2, 0) is 0 Å². The maximum atomic E-state index is 12.0. The first-order valence-corrected chi connectivity index (χ1v) is 6.61. The van der Waals surface area contributed by atoms with Crippen molar-refractivity contribution in [3.8, 4) is 11.5 Å². The van der Waals surface area contributed by atoms with E-state index in [0.717, 1.165) is 0 Å². The molecule has 20 heavy (non-hydrogen) atoms. The van der Waals surface area contributed by atoms with Crippen LogP contribution < -0.4 is 9.47 Å². The maximum absolute atomic E-state index is 12.0. The smallest absolute Gasteiger partial charge is 0.200 e. The summed E-state index contributed by atoms with van der Waals surface area (Å²) in [5, 5.41) is 0.760. The molecule has 104 valence electrons. The Kier molecular flexibility index (Phi) is 4.88. The van der Waals surface area contributed by atoms with Crippen LogP contribution in [0.15, 0.2) is 42.5 Å². The zero-order valence-electron chi connectivity index (χ0n) is 10.7. The molecule has 2 aromatic carbocycles. The molecule has 0 radical (unpaired) electrons. The fourth-order valence-electron chi connectivity index (χ4n) is 1.59. The minimum absolute atomic E-state index is 0.0782.